The van der Waals surface area contributed by atoms with Crippen LogP contribution in [0.5, 0.6) is 0 Å². The molecule has 0 aliphatic carbocycles. The van der Waals surface area contributed by atoms with Gasteiger partial charge in [0.2, 0.25) is 0 Å². The summed E-state index contributed by atoms with van der Waals surface area (Å²) in [5.74, 6) is 0. The van der Waals surface area contributed by atoms with Crippen LogP contribution in [0.3, 0.4) is 0 Å². The van der Waals surface area contributed by atoms with Crippen LogP contribution in [-0.2, 0) is 0 Å². The second-order valence-corrected chi connectivity index (χ2v) is 5.82. The molecule has 12 heavy (non-hydrogen) atoms. The molecular formula is C10H23NS. The summed E-state index contributed by atoms with van der Waals surface area (Å²) < 4.78 is 0. The van der Waals surface area contributed by atoms with Gasteiger partial charge >= 0.3 is 0 Å². The molecule has 0 saturated heterocycles. The highest BCUT2D eigenvalue weighted by molar-refractivity contribution is 7.99. The Balaban J connectivity index is 3.64. The predicted molar refractivity (Wildman–Crippen MR) is 59.9 cm³/mol. The Labute approximate surface area is 81.7 Å². The van der Waals surface area contributed by atoms with Crippen LogP contribution in [0, 0.1) is 5.41 Å². The molecule has 2 heteroatoms. The maximum absolute atomic E-state index is 3.55. The van der Waals surface area contributed by atoms with Crippen molar-refractivity contribution in [3.63, 3.8) is 0 Å². The SMILES string of the molecule is CSC(C)CNC(C)C(C)(C)C. The van der Waals surface area contributed by atoms with Crippen LogP contribution in [0.4, 0.5) is 0 Å². The normalized spacial score (nSPS) is 17.5. The average molecular weight is 189 g/mol. The van der Waals surface area contributed by atoms with E-state index in [0.29, 0.717) is 11.5 Å². The lowest BCUT2D eigenvalue weighted by molar-refractivity contribution is 0.288. The van der Waals surface area contributed by atoms with Crippen LogP contribution >= 0.6 is 11.8 Å². The van der Waals surface area contributed by atoms with E-state index in [0.717, 1.165) is 11.8 Å². The topological polar surface area (TPSA) is 12.0 Å². The zero-order valence-electron chi connectivity index (χ0n) is 9.27. The maximum Gasteiger partial charge on any atom is 0.0141 e. The standard InChI is InChI=1S/C10H23NS/c1-8(12-6)7-11-9(2)10(3,4)5/h8-9,11H,7H2,1-6H3. The Morgan fingerprint density at radius 2 is 1.75 bits per heavy atom. The molecule has 0 aromatic rings. The van der Waals surface area contributed by atoms with Crippen LogP contribution in [0.1, 0.15) is 34.6 Å². The van der Waals surface area contributed by atoms with Crippen LogP contribution < -0.4 is 5.32 Å². The average Bonchev–Trinajstić information content (AvgIpc) is 1.97. The monoisotopic (exact) mass is 189 g/mol. The zero-order valence-corrected chi connectivity index (χ0v) is 10.1. The smallest absolute Gasteiger partial charge is 0.0141 e. The van der Waals surface area contributed by atoms with E-state index in [2.05, 4.69) is 46.2 Å². The number of nitrogens with one attached hydrogen (secondary N) is 1. The number of hydrogen-bond donors (Lipinski definition) is 1. The molecule has 1 N–H and O–H groups in total. The minimum absolute atomic E-state index is 0.373. The van der Waals surface area contributed by atoms with Crippen LogP contribution in [-0.4, -0.2) is 24.1 Å². The van der Waals surface area contributed by atoms with Gasteiger partial charge in [0, 0.05) is 17.8 Å². The van der Waals surface area contributed by atoms with Crippen molar-refractivity contribution < 1.29 is 0 Å². The molecule has 2 unspecified atom stereocenters. The van der Waals surface area contributed by atoms with Gasteiger partial charge in [-0.25, -0.2) is 0 Å². The Bertz CT molecular complexity index is 117. The Kier molecular flexibility index (Phi) is 5.26. The summed E-state index contributed by atoms with van der Waals surface area (Å²) in [6.45, 7) is 12.4. The lowest BCUT2D eigenvalue weighted by Crippen LogP contribution is -2.40. The predicted octanol–water partition coefficient (Wildman–Crippen LogP) is 2.76. The summed E-state index contributed by atoms with van der Waals surface area (Å²) in [5, 5.41) is 4.27. The maximum atomic E-state index is 3.55. The molecule has 0 aromatic heterocycles. The first-order valence-electron chi connectivity index (χ1n) is 4.64. The summed E-state index contributed by atoms with van der Waals surface area (Å²) in [4.78, 5) is 0. The van der Waals surface area contributed by atoms with Gasteiger partial charge in [-0.1, -0.05) is 27.7 Å². The summed E-state index contributed by atoms with van der Waals surface area (Å²) in [6.07, 6.45) is 2.16. The van der Waals surface area contributed by atoms with Gasteiger partial charge < -0.3 is 5.32 Å². The van der Waals surface area contributed by atoms with E-state index in [-0.39, 0.29) is 0 Å². The van der Waals surface area contributed by atoms with Gasteiger partial charge in [-0.2, -0.15) is 11.8 Å². The van der Waals surface area contributed by atoms with Crippen LogP contribution in [0.15, 0.2) is 0 Å². The summed E-state index contributed by atoms with van der Waals surface area (Å²) in [6, 6.07) is 0.590. The Morgan fingerprint density at radius 3 is 2.08 bits per heavy atom. The lowest BCUT2D eigenvalue weighted by Gasteiger charge is -2.29. The highest BCUT2D eigenvalue weighted by Crippen LogP contribution is 2.18. The fourth-order valence-electron chi connectivity index (χ4n) is 0.732. The molecule has 1 nitrogen and oxygen atoms in total. The molecule has 74 valence electrons. The highest BCUT2D eigenvalue weighted by Gasteiger charge is 2.19. The van der Waals surface area contributed by atoms with Crippen molar-refractivity contribution in [1.29, 1.82) is 0 Å². The number of rotatable bonds is 4. The van der Waals surface area contributed by atoms with Crippen molar-refractivity contribution in [2.24, 2.45) is 5.41 Å². The van der Waals surface area contributed by atoms with E-state index in [1.807, 2.05) is 11.8 Å². The van der Waals surface area contributed by atoms with E-state index >= 15 is 0 Å². The molecular weight excluding hydrogens is 166 g/mol. The quantitative estimate of drug-likeness (QED) is 0.730. The third-order valence-corrected chi connectivity index (χ3v) is 3.38. The molecule has 0 spiro atoms. The number of hydrogen-bond acceptors (Lipinski definition) is 2. The van der Waals surface area contributed by atoms with Crippen molar-refractivity contribution in [3.8, 4) is 0 Å². The van der Waals surface area contributed by atoms with E-state index < -0.39 is 0 Å². The second kappa shape index (κ2) is 5.13. The van der Waals surface area contributed by atoms with Gasteiger partial charge in [0.25, 0.3) is 0 Å². The molecule has 0 fully saturated rings. The second-order valence-electron chi connectivity index (χ2n) is 4.54. The van der Waals surface area contributed by atoms with Crippen LogP contribution in [0.25, 0.3) is 0 Å². The van der Waals surface area contributed by atoms with Crippen molar-refractivity contribution in [2.45, 2.75) is 45.9 Å². The first-order chi connectivity index (χ1) is 5.38. The first-order valence-corrected chi connectivity index (χ1v) is 5.93. The largest absolute Gasteiger partial charge is 0.313 e. The highest BCUT2D eigenvalue weighted by atomic mass is 32.2. The Morgan fingerprint density at radius 1 is 1.25 bits per heavy atom. The molecule has 0 bridgehead atoms. The molecule has 0 saturated carbocycles. The molecule has 2 atom stereocenters. The molecule has 0 aromatic carbocycles. The van der Waals surface area contributed by atoms with Crippen molar-refractivity contribution in [3.05, 3.63) is 0 Å². The number of thioether (sulfide) groups is 1. The van der Waals surface area contributed by atoms with Gasteiger partial charge in [0.15, 0.2) is 0 Å². The Hall–Kier alpha value is 0.310. The molecule has 0 heterocycles. The first kappa shape index (κ1) is 12.3. The van der Waals surface area contributed by atoms with Crippen molar-refractivity contribution in [1.82, 2.24) is 5.32 Å². The summed E-state index contributed by atoms with van der Waals surface area (Å²) in [5.41, 5.74) is 0.373. The fourth-order valence-corrected chi connectivity index (χ4v) is 0.995. The minimum Gasteiger partial charge on any atom is -0.313 e. The fraction of sp³-hybridized carbons (Fsp3) is 1.00. The minimum atomic E-state index is 0.373. The zero-order chi connectivity index (χ0) is 9.78. The molecule has 0 radical (unpaired) electrons. The van der Waals surface area contributed by atoms with Gasteiger partial charge in [-0.05, 0) is 18.6 Å². The van der Waals surface area contributed by atoms with E-state index in [4.69, 9.17) is 0 Å². The van der Waals surface area contributed by atoms with E-state index in [9.17, 15) is 0 Å². The molecule has 0 rings (SSSR count). The van der Waals surface area contributed by atoms with Gasteiger partial charge in [-0.3, -0.25) is 0 Å². The third kappa shape index (κ3) is 5.04. The third-order valence-electron chi connectivity index (χ3n) is 2.41. The van der Waals surface area contributed by atoms with Gasteiger partial charge in [0.05, 0.1) is 0 Å². The summed E-state index contributed by atoms with van der Waals surface area (Å²) >= 11 is 1.91. The van der Waals surface area contributed by atoms with Crippen molar-refractivity contribution in [2.75, 3.05) is 12.8 Å². The van der Waals surface area contributed by atoms with E-state index in [1.54, 1.807) is 0 Å². The van der Waals surface area contributed by atoms with E-state index in [1.165, 1.54) is 0 Å². The molecule has 0 aliphatic heterocycles. The lowest BCUT2D eigenvalue weighted by atomic mass is 9.88. The molecule has 0 amide bonds. The van der Waals surface area contributed by atoms with Crippen LogP contribution in [0.2, 0.25) is 0 Å². The van der Waals surface area contributed by atoms with Gasteiger partial charge in [-0.15, -0.1) is 0 Å². The van der Waals surface area contributed by atoms with Gasteiger partial charge in [0.1, 0.15) is 0 Å². The van der Waals surface area contributed by atoms with Crippen molar-refractivity contribution >= 4 is 11.8 Å². The summed E-state index contributed by atoms with van der Waals surface area (Å²) in [7, 11) is 0. The molecule has 0 aliphatic rings.